The molecule has 0 bridgehead atoms. The van der Waals surface area contributed by atoms with Crippen LogP contribution in [0.25, 0.3) is 0 Å². The van der Waals surface area contributed by atoms with Crippen LogP contribution in [0.5, 0.6) is 17.2 Å². The Bertz CT molecular complexity index is 398. The first kappa shape index (κ1) is 9.83. The number of ketones is 1. The SMILES string of the molecule is COc1cc(CC(C)=O)c2c(c1)OCO2. The number of carbonyl (C=O) groups is 1. The molecule has 4 heteroatoms. The standard InChI is InChI=1S/C11H12O4/c1-7(12)3-8-4-9(13-2)5-10-11(8)15-6-14-10/h4-5H,3,6H2,1-2H3. The summed E-state index contributed by atoms with van der Waals surface area (Å²) in [5.74, 6) is 2.06. The minimum atomic E-state index is 0.0842. The molecule has 0 N–H and O–H groups in total. The molecule has 1 aromatic rings. The number of carbonyl (C=O) groups excluding carboxylic acids is 1. The van der Waals surface area contributed by atoms with Crippen LogP contribution in [0.4, 0.5) is 0 Å². The summed E-state index contributed by atoms with van der Waals surface area (Å²) in [4.78, 5) is 11.1. The van der Waals surface area contributed by atoms with E-state index in [4.69, 9.17) is 14.2 Å². The van der Waals surface area contributed by atoms with Gasteiger partial charge in [-0.05, 0) is 13.0 Å². The van der Waals surface area contributed by atoms with Crippen LogP contribution in [-0.4, -0.2) is 19.7 Å². The van der Waals surface area contributed by atoms with Crippen LogP contribution in [0.15, 0.2) is 12.1 Å². The maximum Gasteiger partial charge on any atom is 0.231 e. The first-order chi connectivity index (χ1) is 7.20. The average Bonchev–Trinajstić information content (AvgIpc) is 2.64. The first-order valence-corrected chi connectivity index (χ1v) is 4.66. The molecular formula is C11H12O4. The van der Waals surface area contributed by atoms with Crippen LogP contribution < -0.4 is 14.2 Å². The van der Waals surface area contributed by atoms with E-state index < -0.39 is 0 Å². The van der Waals surface area contributed by atoms with E-state index in [-0.39, 0.29) is 12.6 Å². The molecule has 0 unspecified atom stereocenters. The Morgan fingerprint density at radius 3 is 2.93 bits per heavy atom. The number of ether oxygens (including phenoxy) is 3. The lowest BCUT2D eigenvalue weighted by Gasteiger charge is -2.07. The Balaban J connectivity index is 2.42. The third kappa shape index (κ3) is 1.88. The fraction of sp³-hybridized carbons (Fsp3) is 0.364. The zero-order valence-corrected chi connectivity index (χ0v) is 8.70. The smallest absolute Gasteiger partial charge is 0.231 e. The monoisotopic (exact) mass is 208 g/mol. The molecule has 1 aromatic carbocycles. The van der Waals surface area contributed by atoms with Gasteiger partial charge >= 0.3 is 0 Å². The highest BCUT2D eigenvalue weighted by Crippen LogP contribution is 2.39. The van der Waals surface area contributed by atoms with Gasteiger partial charge in [-0.25, -0.2) is 0 Å². The second-order valence-corrected chi connectivity index (χ2v) is 3.40. The van der Waals surface area contributed by atoms with Crippen LogP contribution in [-0.2, 0) is 11.2 Å². The van der Waals surface area contributed by atoms with E-state index in [0.29, 0.717) is 23.7 Å². The van der Waals surface area contributed by atoms with Crippen molar-refractivity contribution in [2.75, 3.05) is 13.9 Å². The molecule has 0 fully saturated rings. The molecule has 0 saturated carbocycles. The van der Waals surface area contributed by atoms with Crippen molar-refractivity contribution in [2.45, 2.75) is 13.3 Å². The Morgan fingerprint density at radius 1 is 1.47 bits per heavy atom. The van der Waals surface area contributed by atoms with Gasteiger partial charge in [0.25, 0.3) is 0 Å². The predicted molar refractivity (Wildman–Crippen MR) is 53.5 cm³/mol. The number of hydrogen-bond acceptors (Lipinski definition) is 4. The van der Waals surface area contributed by atoms with E-state index in [2.05, 4.69) is 0 Å². The van der Waals surface area contributed by atoms with Crippen LogP contribution in [0.3, 0.4) is 0 Å². The van der Waals surface area contributed by atoms with Crippen molar-refractivity contribution in [1.29, 1.82) is 0 Å². The lowest BCUT2D eigenvalue weighted by atomic mass is 10.1. The summed E-state index contributed by atoms with van der Waals surface area (Å²) >= 11 is 0. The minimum absolute atomic E-state index is 0.0842. The van der Waals surface area contributed by atoms with Gasteiger partial charge in [0.15, 0.2) is 11.5 Å². The van der Waals surface area contributed by atoms with Gasteiger partial charge in [-0.3, -0.25) is 4.79 Å². The fourth-order valence-corrected chi connectivity index (χ4v) is 1.57. The predicted octanol–water partition coefficient (Wildman–Crippen LogP) is 1.56. The highest BCUT2D eigenvalue weighted by atomic mass is 16.7. The summed E-state index contributed by atoms with van der Waals surface area (Å²) in [5, 5.41) is 0. The van der Waals surface area contributed by atoms with Crippen molar-refractivity contribution in [2.24, 2.45) is 0 Å². The van der Waals surface area contributed by atoms with Crippen molar-refractivity contribution in [3.05, 3.63) is 17.7 Å². The molecule has 1 aliphatic rings. The summed E-state index contributed by atoms with van der Waals surface area (Å²) < 4.78 is 15.7. The van der Waals surface area contributed by atoms with Crippen molar-refractivity contribution >= 4 is 5.78 Å². The second-order valence-electron chi connectivity index (χ2n) is 3.40. The highest BCUT2D eigenvalue weighted by Gasteiger charge is 2.20. The number of methoxy groups -OCH3 is 1. The van der Waals surface area contributed by atoms with E-state index in [1.165, 1.54) is 0 Å². The van der Waals surface area contributed by atoms with E-state index in [0.717, 1.165) is 5.56 Å². The molecule has 0 atom stereocenters. The molecule has 0 amide bonds. The molecular weight excluding hydrogens is 196 g/mol. The number of benzene rings is 1. The Labute approximate surface area is 87.8 Å². The Hall–Kier alpha value is -1.71. The maximum absolute atomic E-state index is 11.1. The van der Waals surface area contributed by atoms with E-state index >= 15 is 0 Å². The molecule has 1 aliphatic heterocycles. The third-order valence-electron chi connectivity index (χ3n) is 2.20. The van der Waals surface area contributed by atoms with Gasteiger partial charge in [-0.15, -0.1) is 0 Å². The van der Waals surface area contributed by atoms with E-state index in [9.17, 15) is 4.79 Å². The van der Waals surface area contributed by atoms with Gasteiger partial charge in [-0.2, -0.15) is 0 Å². The number of fused-ring (bicyclic) bond motifs is 1. The summed E-state index contributed by atoms with van der Waals surface area (Å²) in [6, 6.07) is 3.56. The van der Waals surface area contributed by atoms with Crippen molar-refractivity contribution in [3.63, 3.8) is 0 Å². The quantitative estimate of drug-likeness (QED) is 0.756. The lowest BCUT2D eigenvalue weighted by Crippen LogP contribution is -1.99. The molecule has 0 radical (unpaired) electrons. The topological polar surface area (TPSA) is 44.8 Å². The van der Waals surface area contributed by atoms with E-state index in [1.54, 1.807) is 26.2 Å². The largest absolute Gasteiger partial charge is 0.497 e. The minimum Gasteiger partial charge on any atom is -0.497 e. The molecule has 0 aromatic heterocycles. The van der Waals surface area contributed by atoms with Crippen LogP contribution in [0, 0.1) is 0 Å². The van der Waals surface area contributed by atoms with Crippen molar-refractivity contribution in [3.8, 4) is 17.2 Å². The summed E-state index contributed by atoms with van der Waals surface area (Å²) in [6.07, 6.45) is 0.336. The van der Waals surface area contributed by atoms with Gasteiger partial charge in [0, 0.05) is 18.1 Å². The fourth-order valence-electron chi connectivity index (χ4n) is 1.57. The number of rotatable bonds is 3. The molecule has 2 rings (SSSR count). The summed E-state index contributed by atoms with van der Waals surface area (Å²) in [5.41, 5.74) is 0.814. The van der Waals surface area contributed by atoms with Crippen LogP contribution in [0.2, 0.25) is 0 Å². The summed E-state index contributed by atoms with van der Waals surface area (Å²) in [7, 11) is 1.58. The molecule has 0 saturated heterocycles. The Kier molecular flexibility index (Phi) is 2.49. The molecule has 0 spiro atoms. The first-order valence-electron chi connectivity index (χ1n) is 4.66. The molecule has 1 heterocycles. The Morgan fingerprint density at radius 2 is 2.27 bits per heavy atom. The van der Waals surface area contributed by atoms with Crippen LogP contribution >= 0.6 is 0 Å². The summed E-state index contributed by atoms with van der Waals surface area (Å²) in [6.45, 7) is 1.75. The molecule has 0 aliphatic carbocycles. The normalized spacial score (nSPS) is 12.7. The zero-order valence-electron chi connectivity index (χ0n) is 8.70. The highest BCUT2D eigenvalue weighted by molar-refractivity contribution is 5.79. The second kappa shape index (κ2) is 3.81. The number of Topliss-reactive ketones (excluding diaryl/α,β-unsaturated/α-hetero) is 1. The van der Waals surface area contributed by atoms with Crippen LogP contribution in [0.1, 0.15) is 12.5 Å². The van der Waals surface area contributed by atoms with Crippen molar-refractivity contribution < 1.29 is 19.0 Å². The van der Waals surface area contributed by atoms with E-state index in [1.807, 2.05) is 0 Å². The number of hydrogen-bond donors (Lipinski definition) is 0. The lowest BCUT2D eigenvalue weighted by molar-refractivity contribution is -0.116. The zero-order chi connectivity index (χ0) is 10.8. The molecule has 15 heavy (non-hydrogen) atoms. The van der Waals surface area contributed by atoms with Gasteiger partial charge < -0.3 is 14.2 Å². The van der Waals surface area contributed by atoms with Gasteiger partial charge in [0.2, 0.25) is 6.79 Å². The molecule has 80 valence electrons. The maximum atomic E-state index is 11.1. The van der Waals surface area contributed by atoms with Gasteiger partial charge in [-0.1, -0.05) is 0 Å². The van der Waals surface area contributed by atoms with Gasteiger partial charge in [0.05, 0.1) is 7.11 Å². The van der Waals surface area contributed by atoms with Gasteiger partial charge in [0.1, 0.15) is 11.5 Å². The van der Waals surface area contributed by atoms with Crippen molar-refractivity contribution in [1.82, 2.24) is 0 Å². The average molecular weight is 208 g/mol. The third-order valence-corrected chi connectivity index (χ3v) is 2.20. The molecule has 4 nitrogen and oxygen atoms in total.